The molecule has 1 fully saturated rings. The Kier molecular flexibility index (Phi) is 5.71. The molecular weight excluding hydrogens is 339 g/mol. The molecule has 4 nitrogen and oxygen atoms in total. The number of amides is 2. The number of hydrogen-bond acceptors (Lipinski definition) is 3. The Bertz CT molecular complexity index is 764. The molecule has 1 saturated heterocycles. The lowest BCUT2D eigenvalue weighted by Crippen LogP contribution is -2.35. The molecule has 2 aromatic rings. The molecule has 0 spiro atoms. The van der Waals surface area contributed by atoms with Crippen LogP contribution in [-0.4, -0.2) is 24.1 Å². The summed E-state index contributed by atoms with van der Waals surface area (Å²) in [4.78, 5) is 26.7. The van der Waals surface area contributed by atoms with Crippen molar-refractivity contribution in [3.8, 4) is 0 Å². The number of nitrogens with one attached hydrogen (secondary N) is 1. The molecule has 0 atom stereocenters. The van der Waals surface area contributed by atoms with Crippen LogP contribution in [0.4, 0.5) is 15.8 Å². The lowest BCUT2D eigenvalue weighted by atomic mass is 10.1. The van der Waals surface area contributed by atoms with Gasteiger partial charge in [-0.2, -0.15) is 0 Å². The minimum Gasteiger partial charge on any atom is -0.325 e. The fourth-order valence-corrected chi connectivity index (χ4v) is 3.41. The third-order valence-electron chi connectivity index (χ3n) is 3.95. The van der Waals surface area contributed by atoms with Gasteiger partial charge in [0.25, 0.3) is 0 Å². The van der Waals surface area contributed by atoms with Crippen LogP contribution in [0.5, 0.6) is 0 Å². The first-order valence-electron chi connectivity index (χ1n) is 8.20. The molecule has 1 N–H and O–H groups in total. The maximum atomic E-state index is 12.9. The second-order valence-electron chi connectivity index (χ2n) is 5.84. The van der Waals surface area contributed by atoms with Gasteiger partial charge in [-0.3, -0.25) is 9.59 Å². The Morgan fingerprint density at radius 3 is 2.72 bits per heavy atom. The summed E-state index contributed by atoms with van der Waals surface area (Å²) in [6.45, 7) is 0.719. The molecule has 3 rings (SSSR count). The van der Waals surface area contributed by atoms with E-state index in [2.05, 4.69) is 5.32 Å². The van der Waals surface area contributed by atoms with E-state index >= 15 is 0 Å². The highest BCUT2D eigenvalue weighted by Gasteiger charge is 2.19. The molecule has 0 bridgehead atoms. The van der Waals surface area contributed by atoms with Gasteiger partial charge in [-0.25, -0.2) is 4.39 Å². The van der Waals surface area contributed by atoms with Crippen molar-refractivity contribution in [2.45, 2.75) is 24.2 Å². The van der Waals surface area contributed by atoms with E-state index in [4.69, 9.17) is 0 Å². The van der Waals surface area contributed by atoms with E-state index in [1.165, 1.54) is 23.9 Å². The third-order valence-corrected chi connectivity index (χ3v) is 4.96. The predicted molar refractivity (Wildman–Crippen MR) is 98.4 cm³/mol. The fraction of sp³-hybridized carbons (Fsp3) is 0.263. The molecule has 2 amide bonds. The number of carbonyl (C=O) groups is 2. The summed E-state index contributed by atoms with van der Waals surface area (Å²) in [5.41, 5.74) is 1.48. The van der Waals surface area contributed by atoms with Crippen LogP contribution in [0.25, 0.3) is 0 Å². The summed E-state index contributed by atoms with van der Waals surface area (Å²) in [6, 6.07) is 13.4. The lowest BCUT2D eigenvalue weighted by molar-refractivity contribution is -0.119. The van der Waals surface area contributed by atoms with Crippen molar-refractivity contribution in [3.05, 3.63) is 54.3 Å². The highest BCUT2D eigenvalue weighted by atomic mass is 32.2. The summed E-state index contributed by atoms with van der Waals surface area (Å²) < 4.78 is 12.9. The van der Waals surface area contributed by atoms with Crippen LogP contribution in [0.15, 0.2) is 53.4 Å². The van der Waals surface area contributed by atoms with Crippen LogP contribution in [0, 0.1) is 5.82 Å². The van der Waals surface area contributed by atoms with Crippen molar-refractivity contribution >= 4 is 35.0 Å². The molecule has 0 aromatic heterocycles. The summed E-state index contributed by atoms with van der Waals surface area (Å²) >= 11 is 1.35. The quantitative estimate of drug-likeness (QED) is 0.820. The first-order valence-corrected chi connectivity index (χ1v) is 9.19. The molecule has 25 heavy (non-hydrogen) atoms. The van der Waals surface area contributed by atoms with Gasteiger partial charge in [-0.05, 0) is 55.3 Å². The van der Waals surface area contributed by atoms with Crippen LogP contribution in [0.3, 0.4) is 0 Å². The van der Waals surface area contributed by atoms with Gasteiger partial charge < -0.3 is 10.2 Å². The van der Waals surface area contributed by atoms with Crippen LogP contribution in [0.1, 0.15) is 19.3 Å². The zero-order chi connectivity index (χ0) is 17.6. The summed E-state index contributed by atoms with van der Waals surface area (Å²) in [5, 5.41) is 2.85. The summed E-state index contributed by atoms with van der Waals surface area (Å²) in [7, 11) is 0. The van der Waals surface area contributed by atoms with Crippen molar-refractivity contribution in [2.75, 3.05) is 22.5 Å². The Labute approximate surface area is 150 Å². The van der Waals surface area contributed by atoms with Gasteiger partial charge in [0.1, 0.15) is 5.82 Å². The number of anilines is 2. The van der Waals surface area contributed by atoms with Crippen LogP contribution < -0.4 is 10.2 Å². The standard InChI is InChI=1S/C19H19FN2O2S/c20-14-7-9-17(10-8-14)25-13-18(23)21-15-4-3-5-16(12-15)22-11-2-1-6-19(22)24/h3-5,7-10,12H,1-2,6,11,13H2,(H,21,23). The minimum atomic E-state index is -0.294. The molecule has 0 aliphatic carbocycles. The van der Waals surface area contributed by atoms with Crippen molar-refractivity contribution in [1.29, 1.82) is 0 Å². The fourth-order valence-electron chi connectivity index (χ4n) is 2.71. The van der Waals surface area contributed by atoms with Crippen molar-refractivity contribution < 1.29 is 14.0 Å². The van der Waals surface area contributed by atoms with E-state index in [9.17, 15) is 14.0 Å². The monoisotopic (exact) mass is 358 g/mol. The van der Waals surface area contributed by atoms with Gasteiger partial charge in [0.15, 0.2) is 0 Å². The number of benzene rings is 2. The average molecular weight is 358 g/mol. The number of piperidine rings is 1. The van der Waals surface area contributed by atoms with E-state index < -0.39 is 0 Å². The molecule has 6 heteroatoms. The second-order valence-corrected chi connectivity index (χ2v) is 6.89. The largest absolute Gasteiger partial charge is 0.325 e. The van der Waals surface area contributed by atoms with Gasteiger partial charge in [-0.15, -0.1) is 11.8 Å². The molecule has 130 valence electrons. The Morgan fingerprint density at radius 1 is 1.16 bits per heavy atom. The summed E-state index contributed by atoms with van der Waals surface area (Å²) in [6.07, 6.45) is 2.51. The van der Waals surface area contributed by atoms with E-state index in [-0.39, 0.29) is 23.4 Å². The molecule has 0 saturated carbocycles. The van der Waals surface area contributed by atoms with E-state index in [0.29, 0.717) is 12.1 Å². The van der Waals surface area contributed by atoms with Crippen LogP contribution in [-0.2, 0) is 9.59 Å². The number of hydrogen-bond donors (Lipinski definition) is 1. The smallest absolute Gasteiger partial charge is 0.234 e. The number of carbonyl (C=O) groups excluding carboxylic acids is 2. The van der Waals surface area contributed by atoms with E-state index in [1.807, 2.05) is 18.2 Å². The van der Waals surface area contributed by atoms with Gasteiger partial charge in [0.2, 0.25) is 11.8 Å². The maximum absolute atomic E-state index is 12.9. The maximum Gasteiger partial charge on any atom is 0.234 e. The Balaban J connectivity index is 1.58. The van der Waals surface area contributed by atoms with Gasteiger partial charge >= 0.3 is 0 Å². The number of rotatable bonds is 5. The van der Waals surface area contributed by atoms with Gasteiger partial charge in [-0.1, -0.05) is 6.07 Å². The highest BCUT2D eigenvalue weighted by molar-refractivity contribution is 8.00. The number of thioether (sulfide) groups is 1. The Hall–Kier alpha value is -2.34. The molecule has 1 aliphatic heterocycles. The SMILES string of the molecule is O=C(CSc1ccc(F)cc1)Nc1cccc(N2CCCCC2=O)c1. The topological polar surface area (TPSA) is 49.4 Å². The molecule has 1 heterocycles. The molecule has 1 aliphatic rings. The molecule has 2 aromatic carbocycles. The molecule has 0 radical (unpaired) electrons. The third kappa shape index (κ3) is 4.82. The average Bonchev–Trinajstić information content (AvgIpc) is 2.62. The van der Waals surface area contributed by atoms with Gasteiger partial charge in [0, 0.05) is 29.2 Å². The van der Waals surface area contributed by atoms with E-state index in [1.54, 1.807) is 23.1 Å². The van der Waals surface area contributed by atoms with Gasteiger partial charge in [0.05, 0.1) is 5.75 Å². The number of nitrogens with zero attached hydrogens (tertiary/aromatic N) is 1. The minimum absolute atomic E-state index is 0.126. The zero-order valence-electron chi connectivity index (χ0n) is 13.7. The lowest BCUT2D eigenvalue weighted by Gasteiger charge is -2.27. The first kappa shape index (κ1) is 17.5. The normalized spacial score (nSPS) is 14.4. The number of halogens is 1. The van der Waals surface area contributed by atoms with Crippen molar-refractivity contribution in [1.82, 2.24) is 0 Å². The van der Waals surface area contributed by atoms with Crippen LogP contribution >= 0.6 is 11.8 Å². The van der Waals surface area contributed by atoms with E-state index in [0.717, 1.165) is 30.0 Å². The highest BCUT2D eigenvalue weighted by Crippen LogP contribution is 2.24. The second kappa shape index (κ2) is 8.16. The van der Waals surface area contributed by atoms with Crippen molar-refractivity contribution in [2.24, 2.45) is 0 Å². The molecular formula is C19H19FN2O2S. The predicted octanol–water partition coefficient (Wildman–Crippen LogP) is 4.07. The Morgan fingerprint density at radius 2 is 1.96 bits per heavy atom. The van der Waals surface area contributed by atoms with Crippen LogP contribution in [0.2, 0.25) is 0 Å². The van der Waals surface area contributed by atoms with Crippen molar-refractivity contribution in [3.63, 3.8) is 0 Å². The first-order chi connectivity index (χ1) is 12.1. The molecule has 0 unspecified atom stereocenters. The zero-order valence-corrected chi connectivity index (χ0v) is 14.5. The summed E-state index contributed by atoms with van der Waals surface area (Å²) in [5.74, 6) is -0.0747.